The molecule has 88 valence electrons. The largest absolute Gasteiger partial charge is 0.374 e. The van der Waals surface area contributed by atoms with Gasteiger partial charge in [-0.3, -0.25) is 0 Å². The Bertz CT molecular complexity index is 191. The van der Waals surface area contributed by atoms with E-state index in [1.54, 1.807) is 0 Å². The van der Waals surface area contributed by atoms with Gasteiger partial charge in [-0.15, -0.1) is 0 Å². The summed E-state index contributed by atoms with van der Waals surface area (Å²) in [5, 5.41) is 0. The van der Waals surface area contributed by atoms with Gasteiger partial charge in [-0.2, -0.15) is 0 Å². The fraction of sp³-hybridized carbons (Fsp3) is 1.00. The van der Waals surface area contributed by atoms with E-state index < -0.39 is 0 Å². The topological polar surface area (TPSA) is 9.23 Å². The molecule has 6 atom stereocenters. The number of hydrogen-bond acceptors (Lipinski definition) is 1. The molecule has 0 spiro atoms. The number of rotatable bonds is 2. The zero-order valence-corrected chi connectivity index (χ0v) is 10.7. The van der Waals surface area contributed by atoms with Crippen molar-refractivity contribution in [2.75, 3.05) is 0 Å². The van der Waals surface area contributed by atoms with Crippen LogP contribution in [0.5, 0.6) is 0 Å². The molecule has 0 heterocycles. The van der Waals surface area contributed by atoms with Gasteiger partial charge in [0, 0.05) is 0 Å². The van der Waals surface area contributed by atoms with Gasteiger partial charge in [-0.1, -0.05) is 27.7 Å². The molecule has 0 amide bonds. The lowest BCUT2D eigenvalue weighted by Crippen LogP contribution is -2.28. The summed E-state index contributed by atoms with van der Waals surface area (Å²) in [5.41, 5.74) is 0. The molecule has 6 unspecified atom stereocenters. The third kappa shape index (κ3) is 2.22. The van der Waals surface area contributed by atoms with Crippen molar-refractivity contribution in [3.05, 3.63) is 0 Å². The first kappa shape index (κ1) is 11.4. The second-order valence-corrected chi connectivity index (χ2v) is 6.04. The standard InChI is InChI=1S/C14H26O/c1-9-5-7-13(11(9)3)15-14-8-6-10(2)12(14)4/h9-14H,5-8H2,1-4H3. The van der Waals surface area contributed by atoms with Crippen molar-refractivity contribution in [3.63, 3.8) is 0 Å². The Labute approximate surface area is 94.6 Å². The molecule has 2 aliphatic carbocycles. The summed E-state index contributed by atoms with van der Waals surface area (Å²) in [5.74, 6) is 3.27. The molecular formula is C14H26O. The third-order valence-corrected chi connectivity index (χ3v) is 5.13. The Morgan fingerprint density at radius 1 is 0.667 bits per heavy atom. The van der Waals surface area contributed by atoms with E-state index in [4.69, 9.17) is 4.74 Å². The van der Waals surface area contributed by atoms with Gasteiger partial charge in [-0.25, -0.2) is 0 Å². The van der Waals surface area contributed by atoms with Crippen LogP contribution in [0.1, 0.15) is 53.4 Å². The minimum absolute atomic E-state index is 0.553. The van der Waals surface area contributed by atoms with E-state index in [9.17, 15) is 0 Å². The predicted octanol–water partition coefficient (Wildman–Crippen LogP) is 3.87. The number of ether oxygens (including phenoxy) is 1. The molecule has 0 aromatic heterocycles. The maximum absolute atomic E-state index is 6.34. The summed E-state index contributed by atoms with van der Waals surface area (Å²) in [4.78, 5) is 0. The second-order valence-electron chi connectivity index (χ2n) is 6.04. The summed E-state index contributed by atoms with van der Waals surface area (Å²) in [7, 11) is 0. The van der Waals surface area contributed by atoms with Gasteiger partial charge in [0.15, 0.2) is 0 Å². The van der Waals surface area contributed by atoms with E-state index in [0.717, 1.165) is 23.7 Å². The average molecular weight is 210 g/mol. The van der Waals surface area contributed by atoms with Crippen LogP contribution in [0.2, 0.25) is 0 Å². The van der Waals surface area contributed by atoms with Crippen LogP contribution in [0.3, 0.4) is 0 Å². The van der Waals surface area contributed by atoms with Crippen LogP contribution < -0.4 is 0 Å². The molecule has 2 aliphatic rings. The fourth-order valence-corrected chi connectivity index (χ4v) is 3.25. The summed E-state index contributed by atoms with van der Waals surface area (Å²) < 4.78 is 6.34. The molecule has 2 saturated carbocycles. The van der Waals surface area contributed by atoms with Crippen molar-refractivity contribution < 1.29 is 4.74 Å². The van der Waals surface area contributed by atoms with Crippen LogP contribution in [-0.2, 0) is 4.74 Å². The van der Waals surface area contributed by atoms with Crippen LogP contribution in [0.25, 0.3) is 0 Å². The van der Waals surface area contributed by atoms with E-state index in [2.05, 4.69) is 27.7 Å². The molecule has 2 fully saturated rings. The quantitative estimate of drug-likeness (QED) is 0.672. The lowest BCUT2D eigenvalue weighted by atomic mass is 9.97. The monoisotopic (exact) mass is 210 g/mol. The molecule has 0 radical (unpaired) electrons. The van der Waals surface area contributed by atoms with Gasteiger partial charge >= 0.3 is 0 Å². The van der Waals surface area contributed by atoms with E-state index in [1.807, 2.05) is 0 Å². The number of hydrogen-bond donors (Lipinski definition) is 0. The normalized spacial score (nSPS) is 51.2. The van der Waals surface area contributed by atoms with E-state index in [-0.39, 0.29) is 0 Å². The van der Waals surface area contributed by atoms with Gasteiger partial charge in [0.25, 0.3) is 0 Å². The van der Waals surface area contributed by atoms with E-state index in [1.165, 1.54) is 25.7 Å². The highest BCUT2D eigenvalue weighted by Gasteiger charge is 2.37. The van der Waals surface area contributed by atoms with Gasteiger partial charge in [0.2, 0.25) is 0 Å². The highest BCUT2D eigenvalue weighted by atomic mass is 16.5. The minimum atomic E-state index is 0.553. The molecule has 0 aromatic rings. The zero-order valence-electron chi connectivity index (χ0n) is 10.7. The molecule has 1 nitrogen and oxygen atoms in total. The SMILES string of the molecule is CC1CCC(OC2CCC(C)C2C)C1C. The first-order chi connectivity index (χ1) is 7.09. The molecular weight excluding hydrogens is 184 g/mol. The van der Waals surface area contributed by atoms with Crippen LogP contribution in [-0.4, -0.2) is 12.2 Å². The molecule has 1 heteroatoms. The van der Waals surface area contributed by atoms with Gasteiger partial charge in [0.1, 0.15) is 0 Å². The van der Waals surface area contributed by atoms with Crippen molar-refractivity contribution in [3.8, 4) is 0 Å². The Kier molecular flexibility index (Phi) is 3.39. The summed E-state index contributed by atoms with van der Waals surface area (Å²) in [6.45, 7) is 9.47. The minimum Gasteiger partial charge on any atom is -0.374 e. The van der Waals surface area contributed by atoms with Crippen LogP contribution in [0, 0.1) is 23.7 Å². The van der Waals surface area contributed by atoms with E-state index in [0.29, 0.717) is 12.2 Å². The Morgan fingerprint density at radius 2 is 1.07 bits per heavy atom. The molecule has 0 aromatic carbocycles. The lowest BCUT2D eigenvalue weighted by Gasteiger charge is -2.26. The Balaban J connectivity index is 1.87. The van der Waals surface area contributed by atoms with Crippen LogP contribution >= 0.6 is 0 Å². The van der Waals surface area contributed by atoms with Crippen molar-refractivity contribution in [2.45, 2.75) is 65.6 Å². The highest BCUT2D eigenvalue weighted by Crippen LogP contribution is 2.39. The summed E-state index contributed by atoms with van der Waals surface area (Å²) in [6.07, 6.45) is 6.42. The van der Waals surface area contributed by atoms with Gasteiger partial charge in [-0.05, 0) is 49.4 Å². The van der Waals surface area contributed by atoms with Crippen molar-refractivity contribution in [1.82, 2.24) is 0 Å². The molecule has 0 bridgehead atoms. The highest BCUT2D eigenvalue weighted by molar-refractivity contribution is 4.85. The van der Waals surface area contributed by atoms with Crippen molar-refractivity contribution in [1.29, 1.82) is 0 Å². The lowest BCUT2D eigenvalue weighted by molar-refractivity contribution is -0.0485. The zero-order chi connectivity index (χ0) is 11.0. The van der Waals surface area contributed by atoms with Gasteiger partial charge in [0.05, 0.1) is 12.2 Å². The smallest absolute Gasteiger partial charge is 0.0607 e. The predicted molar refractivity (Wildman–Crippen MR) is 63.8 cm³/mol. The molecule has 0 N–H and O–H groups in total. The van der Waals surface area contributed by atoms with E-state index >= 15 is 0 Å². The molecule has 0 saturated heterocycles. The Morgan fingerprint density at radius 3 is 1.33 bits per heavy atom. The Hall–Kier alpha value is -0.0400. The molecule has 15 heavy (non-hydrogen) atoms. The second kappa shape index (κ2) is 4.45. The van der Waals surface area contributed by atoms with Gasteiger partial charge < -0.3 is 4.74 Å². The molecule has 2 rings (SSSR count). The van der Waals surface area contributed by atoms with Crippen LogP contribution in [0.4, 0.5) is 0 Å². The van der Waals surface area contributed by atoms with Crippen molar-refractivity contribution in [2.24, 2.45) is 23.7 Å². The maximum atomic E-state index is 6.34. The molecule has 0 aliphatic heterocycles. The maximum Gasteiger partial charge on any atom is 0.0607 e. The fourth-order valence-electron chi connectivity index (χ4n) is 3.25. The summed E-state index contributed by atoms with van der Waals surface area (Å²) in [6, 6.07) is 0. The first-order valence-electron chi connectivity index (χ1n) is 6.75. The first-order valence-corrected chi connectivity index (χ1v) is 6.75. The third-order valence-electron chi connectivity index (χ3n) is 5.13. The average Bonchev–Trinajstić information content (AvgIpc) is 2.68. The summed E-state index contributed by atoms with van der Waals surface area (Å²) >= 11 is 0. The van der Waals surface area contributed by atoms with Crippen molar-refractivity contribution >= 4 is 0 Å². The van der Waals surface area contributed by atoms with Crippen LogP contribution in [0.15, 0.2) is 0 Å².